The second kappa shape index (κ2) is 3.71. The number of hydrogen-bond acceptors (Lipinski definition) is 5. The average Bonchev–Trinajstić information content (AvgIpc) is 2.71. The molecule has 0 amide bonds. The van der Waals surface area contributed by atoms with Gasteiger partial charge < -0.3 is 5.32 Å². The summed E-state index contributed by atoms with van der Waals surface area (Å²) in [6.07, 6.45) is 1.65. The number of hydrogen-bond donors (Lipinski definition) is 2. The largest absolute Gasteiger partial charge is 0.356 e. The molecule has 7 heteroatoms. The van der Waals surface area contributed by atoms with Gasteiger partial charge in [-0.1, -0.05) is 11.6 Å². The highest BCUT2D eigenvalue weighted by Gasteiger charge is 1.99. The Morgan fingerprint density at radius 1 is 1.62 bits per heavy atom. The van der Waals surface area contributed by atoms with Crippen LogP contribution in [0.5, 0.6) is 0 Å². The number of anilines is 1. The van der Waals surface area contributed by atoms with Crippen molar-refractivity contribution in [1.82, 2.24) is 20.4 Å². The Morgan fingerprint density at radius 3 is 3.15 bits per heavy atom. The van der Waals surface area contributed by atoms with Gasteiger partial charge in [0.25, 0.3) is 0 Å². The van der Waals surface area contributed by atoms with E-state index in [2.05, 4.69) is 25.7 Å². The molecule has 2 N–H and O–H groups in total. The van der Waals surface area contributed by atoms with Crippen molar-refractivity contribution in [2.45, 2.75) is 6.54 Å². The lowest BCUT2D eigenvalue weighted by Gasteiger charge is -1.96. The van der Waals surface area contributed by atoms with Crippen LogP contribution in [0.15, 0.2) is 11.6 Å². The zero-order valence-corrected chi connectivity index (χ0v) is 8.06. The van der Waals surface area contributed by atoms with Gasteiger partial charge in [0.2, 0.25) is 0 Å². The van der Waals surface area contributed by atoms with Crippen molar-refractivity contribution >= 4 is 28.1 Å². The van der Waals surface area contributed by atoms with Crippen LogP contribution < -0.4 is 5.32 Å². The summed E-state index contributed by atoms with van der Waals surface area (Å²) < 4.78 is 0. The fourth-order valence-electron chi connectivity index (χ4n) is 0.812. The summed E-state index contributed by atoms with van der Waals surface area (Å²) in [6.45, 7) is 0.598. The lowest BCUT2D eigenvalue weighted by Crippen LogP contribution is -1.98. The number of nitrogens with one attached hydrogen (secondary N) is 2. The van der Waals surface area contributed by atoms with E-state index in [4.69, 9.17) is 11.6 Å². The van der Waals surface area contributed by atoms with E-state index in [0.717, 1.165) is 10.8 Å². The lowest BCUT2D eigenvalue weighted by atomic mass is 10.5. The number of H-pyrrole nitrogens is 1. The van der Waals surface area contributed by atoms with Crippen molar-refractivity contribution in [2.75, 3.05) is 5.32 Å². The number of nitrogens with zero attached hydrogens (tertiary/aromatic N) is 3. The van der Waals surface area contributed by atoms with Gasteiger partial charge in [0, 0.05) is 5.38 Å². The zero-order valence-electron chi connectivity index (χ0n) is 6.49. The highest BCUT2D eigenvalue weighted by Crippen LogP contribution is 2.18. The van der Waals surface area contributed by atoms with E-state index < -0.39 is 0 Å². The summed E-state index contributed by atoms with van der Waals surface area (Å²) in [6, 6.07) is 0. The van der Waals surface area contributed by atoms with Crippen LogP contribution in [0.3, 0.4) is 0 Å². The molecule has 2 heterocycles. The molecule has 0 aliphatic carbocycles. The summed E-state index contributed by atoms with van der Waals surface area (Å²) >= 11 is 7.11. The lowest BCUT2D eigenvalue weighted by molar-refractivity contribution is 0.910. The molecule has 0 radical (unpaired) electrons. The minimum Gasteiger partial charge on any atom is -0.356 e. The maximum Gasteiger partial charge on any atom is 0.184 e. The summed E-state index contributed by atoms with van der Waals surface area (Å²) in [5.74, 6) is 0. The molecule has 13 heavy (non-hydrogen) atoms. The third-order valence-corrected chi connectivity index (χ3v) is 2.48. The van der Waals surface area contributed by atoms with Crippen LogP contribution in [0.4, 0.5) is 5.13 Å². The molecule has 0 unspecified atom stereocenters. The van der Waals surface area contributed by atoms with E-state index in [1.807, 2.05) is 0 Å². The number of halogens is 1. The fourth-order valence-corrected chi connectivity index (χ4v) is 1.65. The topological polar surface area (TPSA) is 66.5 Å². The Kier molecular flexibility index (Phi) is 2.42. The van der Waals surface area contributed by atoms with Gasteiger partial charge in [-0.05, 0) is 0 Å². The molecule has 2 rings (SSSR count). The summed E-state index contributed by atoms with van der Waals surface area (Å²) in [5, 5.41) is 16.2. The van der Waals surface area contributed by atoms with Crippen LogP contribution in [0.25, 0.3) is 0 Å². The van der Waals surface area contributed by atoms with E-state index in [1.54, 1.807) is 11.6 Å². The summed E-state index contributed by atoms with van der Waals surface area (Å²) in [7, 11) is 0. The highest BCUT2D eigenvalue weighted by atomic mass is 35.5. The van der Waals surface area contributed by atoms with E-state index in [9.17, 15) is 0 Å². The van der Waals surface area contributed by atoms with Crippen molar-refractivity contribution < 1.29 is 0 Å². The molecule has 68 valence electrons. The predicted octanol–water partition coefficient (Wildman–Crippen LogP) is 1.53. The Hall–Kier alpha value is -1.14. The van der Waals surface area contributed by atoms with Crippen LogP contribution in [-0.4, -0.2) is 20.4 Å². The maximum atomic E-state index is 5.65. The Labute approximate surface area is 83.2 Å². The van der Waals surface area contributed by atoms with Gasteiger partial charge in [0.15, 0.2) is 5.13 Å². The minimum absolute atomic E-state index is 0.507. The first-order chi connectivity index (χ1) is 6.34. The molecule has 0 saturated heterocycles. The molecule has 0 saturated carbocycles. The van der Waals surface area contributed by atoms with Crippen LogP contribution in [-0.2, 0) is 6.54 Å². The number of rotatable bonds is 3. The van der Waals surface area contributed by atoms with Gasteiger partial charge in [0.1, 0.15) is 10.8 Å². The molecule has 5 nitrogen and oxygen atoms in total. The molecular formula is C6H6ClN5S. The molecule has 0 bridgehead atoms. The molecule has 2 aromatic rings. The molecule has 2 aromatic heterocycles. The van der Waals surface area contributed by atoms with Crippen LogP contribution in [0.2, 0.25) is 5.15 Å². The predicted molar refractivity (Wildman–Crippen MR) is 50.8 cm³/mol. The van der Waals surface area contributed by atoms with E-state index in [-0.39, 0.29) is 0 Å². The summed E-state index contributed by atoms with van der Waals surface area (Å²) in [4.78, 5) is 4.02. The average molecular weight is 216 g/mol. The van der Waals surface area contributed by atoms with Gasteiger partial charge in [-0.3, -0.25) is 0 Å². The number of thiazole rings is 1. The van der Waals surface area contributed by atoms with Gasteiger partial charge in [-0.25, -0.2) is 4.98 Å². The maximum absolute atomic E-state index is 5.65. The molecule has 0 aromatic carbocycles. The number of aromatic amines is 1. The van der Waals surface area contributed by atoms with E-state index in [0.29, 0.717) is 11.7 Å². The normalized spacial score (nSPS) is 10.2. The standard InChI is InChI=1S/C6H6ClN5S/c7-5-3-13-6(10-5)8-1-4-2-9-12-11-4/h2-3H,1H2,(H,8,10)(H,9,11,12). The highest BCUT2D eigenvalue weighted by molar-refractivity contribution is 7.14. The zero-order chi connectivity index (χ0) is 9.10. The molecule has 0 aliphatic rings. The molecule has 0 atom stereocenters. The monoisotopic (exact) mass is 215 g/mol. The molecule has 0 spiro atoms. The van der Waals surface area contributed by atoms with Gasteiger partial charge in [-0.2, -0.15) is 15.4 Å². The first-order valence-corrected chi connectivity index (χ1v) is 4.80. The van der Waals surface area contributed by atoms with Crippen LogP contribution >= 0.6 is 22.9 Å². The smallest absolute Gasteiger partial charge is 0.184 e. The first kappa shape index (κ1) is 8.46. The number of aromatic nitrogens is 4. The van der Waals surface area contributed by atoms with Crippen molar-refractivity contribution in [2.24, 2.45) is 0 Å². The van der Waals surface area contributed by atoms with Crippen molar-refractivity contribution in [1.29, 1.82) is 0 Å². The van der Waals surface area contributed by atoms with Gasteiger partial charge in [0.05, 0.1) is 12.7 Å². The third-order valence-electron chi connectivity index (χ3n) is 1.36. The molecular weight excluding hydrogens is 210 g/mol. The van der Waals surface area contributed by atoms with E-state index in [1.165, 1.54) is 11.3 Å². The quantitative estimate of drug-likeness (QED) is 0.815. The van der Waals surface area contributed by atoms with Crippen molar-refractivity contribution in [3.8, 4) is 0 Å². The molecule has 0 fully saturated rings. The Morgan fingerprint density at radius 2 is 2.54 bits per heavy atom. The Bertz CT molecular complexity index is 370. The van der Waals surface area contributed by atoms with Gasteiger partial charge in [-0.15, -0.1) is 11.3 Å². The molecule has 0 aliphatic heterocycles. The van der Waals surface area contributed by atoms with Crippen LogP contribution in [0, 0.1) is 0 Å². The third kappa shape index (κ3) is 2.16. The van der Waals surface area contributed by atoms with Crippen LogP contribution in [0.1, 0.15) is 5.69 Å². The summed E-state index contributed by atoms with van der Waals surface area (Å²) in [5.41, 5.74) is 0.839. The van der Waals surface area contributed by atoms with E-state index >= 15 is 0 Å². The Balaban J connectivity index is 1.93. The van der Waals surface area contributed by atoms with Gasteiger partial charge >= 0.3 is 0 Å². The SMILES string of the molecule is Clc1csc(NCc2cn[nH]n2)n1. The first-order valence-electron chi connectivity index (χ1n) is 3.54. The fraction of sp³-hybridized carbons (Fsp3) is 0.167. The second-order valence-corrected chi connectivity index (χ2v) is 3.54. The van der Waals surface area contributed by atoms with Crippen molar-refractivity contribution in [3.05, 3.63) is 22.4 Å². The minimum atomic E-state index is 0.507. The van der Waals surface area contributed by atoms with Crippen molar-refractivity contribution in [3.63, 3.8) is 0 Å². The second-order valence-electron chi connectivity index (χ2n) is 2.29.